The van der Waals surface area contributed by atoms with Gasteiger partial charge in [-0.15, -0.1) is 0 Å². The zero-order chi connectivity index (χ0) is 27.5. The van der Waals surface area contributed by atoms with Crippen LogP contribution in [0, 0.1) is 13.8 Å². The zero-order valence-corrected chi connectivity index (χ0v) is 24.3. The molecule has 7 nitrogen and oxygen atoms in total. The quantitative estimate of drug-likeness (QED) is 0.237. The van der Waals surface area contributed by atoms with Crippen LogP contribution in [0.5, 0.6) is 0 Å². The van der Waals surface area contributed by atoms with Gasteiger partial charge >= 0.3 is 6.09 Å². The lowest BCUT2D eigenvalue weighted by atomic mass is 9.97. The third-order valence-electron chi connectivity index (χ3n) is 5.97. The number of nitrogens with one attached hydrogen (secondary N) is 2. The van der Waals surface area contributed by atoms with E-state index in [0.717, 1.165) is 48.8 Å². The van der Waals surface area contributed by atoms with E-state index in [1.54, 1.807) is 25.7 Å². The number of carbonyl (C=O) groups excluding carboxylic acids is 3. The van der Waals surface area contributed by atoms with Crippen molar-refractivity contribution in [1.29, 1.82) is 0 Å². The van der Waals surface area contributed by atoms with Crippen molar-refractivity contribution in [2.45, 2.75) is 111 Å². The van der Waals surface area contributed by atoms with Crippen LogP contribution in [0.4, 0.5) is 4.79 Å². The fourth-order valence-electron chi connectivity index (χ4n) is 3.97. The molecule has 3 atom stereocenters. The number of rotatable bonds is 13. The Hall–Kier alpha value is -2.22. The summed E-state index contributed by atoms with van der Waals surface area (Å²) < 4.78 is 5.37. The van der Waals surface area contributed by atoms with E-state index in [1.165, 1.54) is 0 Å². The van der Waals surface area contributed by atoms with Gasteiger partial charge in [-0.05, 0) is 71.1 Å². The molecule has 3 amide bonds. The molecule has 8 heteroatoms. The van der Waals surface area contributed by atoms with Crippen molar-refractivity contribution >= 4 is 30.5 Å². The minimum atomic E-state index is -0.931. The summed E-state index contributed by atoms with van der Waals surface area (Å²) in [5.41, 5.74) is 2.21. The summed E-state index contributed by atoms with van der Waals surface area (Å²) in [7, 11) is 0. The molecule has 36 heavy (non-hydrogen) atoms. The molecule has 0 saturated heterocycles. The Kier molecular flexibility index (Phi) is 13.4. The summed E-state index contributed by atoms with van der Waals surface area (Å²) in [4.78, 5) is 41.6. The minimum Gasteiger partial charge on any atom is -0.444 e. The van der Waals surface area contributed by atoms with Gasteiger partial charge in [-0.2, -0.15) is 12.6 Å². The highest BCUT2D eigenvalue weighted by molar-refractivity contribution is 7.80. The Balaban J connectivity index is 3.44. The third kappa shape index (κ3) is 10.4. The number of ether oxygens (including phenoxy) is 1. The van der Waals surface area contributed by atoms with Gasteiger partial charge in [0.15, 0.2) is 0 Å². The standard InChI is InChI=1S/C28H47N3O4S/c1-9-11-12-16-31(26(33)23(18-36)30-27(34)35-28(6,7)8)24(25(32)29-21(5)13-10-2)22-15-14-19(3)20(4)17-22/h14-15,17,21,23-24,36H,9-13,16,18H2,1-8H3,(H,29,32)(H,30,34). The lowest BCUT2D eigenvalue weighted by Crippen LogP contribution is -2.54. The van der Waals surface area contributed by atoms with Crippen molar-refractivity contribution in [3.8, 4) is 0 Å². The van der Waals surface area contributed by atoms with Crippen LogP contribution in [0.1, 0.15) is 96.4 Å². The molecule has 0 aliphatic heterocycles. The van der Waals surface area contributed by atoms with E-state index in [4.69, 9.17) is 4.74 Å². The second-order valence-electron chi connectivity index (χ2n) is 10.6. The largest absolute Gasteiger partial charge is 0.444 e. The molecule has 0 heterocycles. The molecule has 1 rings (SSSR count). The van der Waals surface area contributed by atoms with Crippen molar-refractivity contribution in [1.82, 2.24) is 15.5 Å². The molecule has 1 aromatic carbocycles. The first-order valence-electron chi connectivity index (χ1n) is 13.1. The Labute approximate surface area is 223 Å². The van der Waals surface area contributed by atoms with Crippen molar-refractivity contribution in [3.63, 3.8) is 0 Å². The number of nitrogens with zero attached hydrogens (tertiary/aromatic N) is 1. The van der Waals surface area contributed by atoms with Crippen molar-refractivity contribution in [2.75, 3.05) is 12.3 Å². The summed E-state index contributed by atoms with van der Waals surface area (Å²) in [5, 5.41) is 5.76. The smallest absolute Gasteiger partial charge is 0.408 e. The predicted octanol–water partition coefficient (Wildman–Crippen LogP) is 5.49. The number of benzene rings is 1. The summed E-state index contributed by atoms with van der Waals surface area (Å²) in [6, 6.07) is 4.08. The second kappa shape index (κ2) is 15.1. The molecule has 0 aliphatic carbocycles. The lowest BCUT2D eigenvalue weighted by Gasteiger charge is -2.35. The van der Waals surface area contributed by atoms with Crippen LogP contribution in [0.25, 0.3) is 0 Å². The molecule has 1 aromatic rings. The van der Waals surface area contributed by atoms with Crippen LogP contribution in [-0.2, 0) is 14.3 Å². The van der Waals surface area contributed by atoms with E-state index in [1.807, 2.05) is 39.0 Å². The molecule has 0 fully saturated rings. The highest BCUT2D eigenvalue weighted by Gasteiger charge is 2.36. The molecule has 0 radical (unpaired) electrons. The van der Waals surface area contributed by atoms with Crippen LogP contribution in [0.15, 0.2) is 18.2 Å². The maximum atomic E-state index is 13.9. The number of aryl methyl sites for hydroxylation is 2. The molecular formula is C28H47N3O4S. The number of hydrogen-bond donors (Lipinski definition) is 3. The number of amides is 3. The number of alkyl carbamates (subject to hydrolysis) is 1. The topological polar surface area (TPSA) is 87.7 Å². The van der Waals surface area contributed by atoms with Crippen LogP contribution >= 0.6 is 12.6 Å². The van der Waals surface area contributed by atoms with Gasteiger partial charge in [-0.3, -0.25) is 9.59 Å². The first kappa shape index (κ1) is 31.8. The minimum absolute atomic E-state index is 0.0234. The monoisotopic (exact) mass is 521 g/mol. The number of unbranched alkanes of at least 4 members (excludes halogenated alkanes) is 2. The van der Waals surface area contributed by atoms with Gasteiger partial charge in [0.25, 0.3) is 0 Å². The second-order valence-corrected chi connectivity index (χ2v) is 10.9. The molecule has 0 bridgehead atoms. The predicted molar refractivity (Wildman–Crippen MR) is 149 cm³/mol. The fourth-order valence-corrected chi connectivity index (χ4v) is 4.22. The number of carbonyl (C=O) groups is 3. The molecule has 3 unspecified atom stereocenters. The van der Waals surface area contributed by atoms with Gasteiger partial charge in [-0.25, -0.2) is 4.79 Å². The number of hydrogen-bond acceptors (Lipinski definition) is 5. The van der Waals surface area contributed by atoms with E-state index in [9.17, 15) is 14.4 Å². The molecule has 0 aliphatic rings. The van der Waals surface area contributed by atoms with Crippen molar-refractivity contribution in [2.24, 2.45) is 0 Å². The molecule has 2 N–H and O–H groups in total. The van der Waals surface area contributed by atoms with E-state index < -0.39 is 23.8 Å². The molecule has 0 spiro atoms. The Morgan fingerprint density at radius 2 is 1.69 bits per heavy atom. The van der Waals surface area contributed by atoms with Gasteiger partial charge < -0.3 is 20.3 Å². The van der Waals surface area contributed by atoms with Gasteiger partial charge in [0, 0.05) is 18.3 Å². The van der Waals surface area contributed by atoms with E-state index in [-0.39, 0.29) is 23.6 Å². The van der Waals surface area contributed by atoms with Gasteiger partial charge in [0.05, 0.1) is 0 Å². The van der Waals surface area contributed by atoms with E-state index in [0.29, 0.717) is 6.54 Å². The highest BCUT2D eigenvalue weighted by Crippen LogP contribution is 2.26. The van der Waals surface area contributed by atoms with Crippen LogP contribution in [-0.4, -0.2) is 52.8 Å². The number of thiol groups is 1. The summed E-state index contributed by atoms with van der Waals surface area (Å²) in [5.74, 6) is -0.497. The molecule has 0 aromatic heterocycles. The average molecular weight is 522 g/mol. The fraction of sp³-hybridized carbons (Fsp3) is 0.679. The summed E-state index contributed by atoms with van der Waals surface area (Å²) in [6.45, 7) is 15.8. The Bertz CT molecular complexity index is 869. The summed E-state index contributed by atoms with van der Waals surface area (Å²) >= 11 is 4.35. The first-order valence-corrected chi connectivity index (χ1v) is 13.8. The molecular weight excluding hydrogens is 474 g/mol. The van der Waals surface area contributed by atoms with Crippen LogP contribution in [0.2, 0.25) is 0 Å². The van der Waals surface area contributed by atoms with E-state index >= 15 is 0 Å². The van der Waals surface area contributed by atoms with Crippen molar-refractivity contribution in [3.05, 3.63) is 34.9 Å². The average Bonchev–Trinajstić information content (AvgIpc) is 2.77. The summed E-state index contributed by atoms with van der Waals surface area (Å²) in [6.07, 6.45) is 3.73. The third-order valence-corrected chi connectivity index (χ3v) is 6.34. The Morgan fingerprint density at radius 3 is 2.22 bits per heavy atom. The first-order chi connectivity index (χ1) is 16.8. The SMILES string of the molecule is CCCCCN(C(=O)C(CS)NC(=O)OC(C)(C)C)C(C(=O)NC(C)CCC)c1ccc(C)c(C)c1. The molecule has 204 valence electrons. The van der Waals surface area contributed by atoms with Gasteiger partial charge in [-0.1, -0.05) is 51.3 Å². The lowest BCUT2D eigenvalue weighted by molar-refractivity contribution is -0.142. The molecule has 0 saturated carbocycles. The highest BCUT2D eigenvalue weighted by atomic mass is 32.1. The Morgan fingerprint density at radius 1 is 1.03 bits per heavy atom. The maximum absolute atomic E-state index is 13.9. The van der Waals surface area contributed by atoms with Crippen LogP contribution in [0.3, 0.4) is 0 Å². The van der Waals surface area contributed by atoms with Crippen molar-refractivity contribution < 1.29 is 19.1 Å². The van der Waals surface area contributed by atoms with Gasteiger partial charge in [0.2, 0.25) is 11.8 Å². The zero-order valence-electron chi connectivity index (χ0n) is 23.4. The van der Waals surface area contributed by atoms with E-state index in [2.05, 4.69) is 37.1 Å². The van der Waals surface area contributed by atoms with Gasteiger partial charge in [0.1, 0.15) is 17.7 Å². The normalized spacial score (nSPS) is 13.9. The maximum Gasteiger partial charge on any atom is 0.408 e. The van der Waals surface area contributed by atoms with Crippen LogP contribution < -0.4 is 10.6 Å².